The number of benzene rings is 1. The third kappa shape index (κ3) is 3.43. The van der Waals surface area contributed by atoms with E-state index in [2.05, 4.69) is 10.2 Å². The molecule has 1 unspecified atom stereocenters. The van der Waals surface area contributed by atoms with Gasteiger partial charge in [-0.3, -0.25) is 4.79 Å². The lowest BCUT2D eigenvalue weighted by Gasteiger charge is -2.30. The summed E-state index contributed by atoms with van der Waals surface area (Å²) in [5.74, 6) is -2.44. The van der Waals surface area contributed by atoms with Gasteiger partial charge in [0.25, 0.3) is 5.91 Å². The van der Waals surface area contributed by atoms with Gasteiger partial charge in [0.05, 0.1) is 12.7 Å². The van der Waals surface area contributed by atoms with Crippen LogP contribution in [0.3, 0.4) is 0 Å². The van der Waals surface area contributed by atoms with Crippen LogP contribution in [0.5, 0.6) is 0 Å². The summed E-state index contributed by atoms with van der Waals surface area (Å²) in [5, 5.41) is 2.60. The van der Waals surface area contributed by atoms with Gasteiger partial charge in [0, 0.05) is 25.2 Å². The summed E-state index contributed by atoms with van der Waals surface area (Å²) in [6, 6.07) is 1.84. The number of hydrogen-bond acceptors (Lipinski definition) is 4. The molecule has 1 amide bonds. The maximum absolute atomic E-state index is 13.3. The number of likely N-dealkylation sites (N-methyl/N-ethyl adjacent to an activating group) is 1. The molecule has 0 aromatic heterocycles. The summed E-state index contributed by atoms with van der Waals surface area (Å²) in [6.45, 7) is 2.43. The number of halogens is 2. The number of nitrogen functional groups attached to an aromatic ring is 1. The standard InChI is InChI=1S/C13H17F2N3O2/c1-18-2-3-20-9(7-18)6-17-13(19)8-4-10(14)12(16)11(15)5-8/h4-5,9H,2-3,6-7,16H2,1H3,(H,17,19). The predicted octanol–water partition coefficient (Wildman–Crippen LogP) is 0.607. The summed E-state index contributed by atoms with van der Waals surface area (Å²) < 4.78 is 32.0. The zero-order valence-electron chi connectivity index (χ0n) is 11.2. The number of carbonyl (C=O) groups is 1. The fraction of sp³-hybridized carbons (Fsp3) is 0.462. The quantitative estimate of drug-likeness (QED) is 0.798. The van der Waals surface area contributed by atoms with Crippen LogP contribution in [0.4, 0.5) is 14.5 Å². The van der Waals surface area contributed by atoms with Gasteiger partial charge in [0.15, 0.2) is 0 Å². The molecular weight excluding hydrogens is 268 g/mol. The largest absolute Gasteiger partial charge is 0.394 e. The lowest BCUT2D eigenvalue weighted by molar-refractivity contribution is -0.0175. The van der Waals surface area contributed by atoms with Crippen LogP contribution in [-0.2, 0) is 4.74 Å². The number of nitrogens with two attached hydrogens (primary N) is 1. The number of rotatable bonds is 3. The molecular formula is C13H17F2N3O2. The Bertz CT molecular complexity index is 487. The molecule has 20 heavy (non-hydrogen) atoms. The second kappa shape index (κ2) is 6.15. The van der Waals surface area contributed by atoms with Crippen LogP contribution in [0.2, 0.25) is 0 Å². The molecule has 110 valence electrons. The number of amides is 1. The lowest BCUT2D eigenvalue weighted by atomic mass is 10.1. The maximum Gasteiger partial charge on any atom is 0.251 e. The fourth-order valence-corrected chi connectivity index (χ4v) is 2.01. The zero-order chi connectivity index (χ0) is 14.7. The Morgan fingerprint density at radius 2 is 2.15 bits per heavy atom. The van der Waals surface area contributed by atoms with Crippen molar-refractivity contribution < 1.29 is 18.3 Å². The van der Waals surface area contributed by atoms with E-state index in [4.69, 9.17) is 10.5 Å². The van der Waals surface area contributed by atoms with Crippen LogP contribution >= 0.6 is 0 Å². The van der Waals surface area contributed by atoms with Crippen molar-refractivity contribution in [2.75, 3.05) is 39.0 Å². The fourth-order valence-electron chi connectivity index (χ4n) is 2.01. The first-order valence-corrected chi connectivity index (χ1v) is 6.30. The molecule has 1 heterocycles. The van der Waals surface area contributed by atoms with E-state index in [0.29, 0.717) is 13.2 Å². The van der Waals surface area contributed by atoms with Gasteiger partial charge in [-0.1, -0.05) is 0 Å². The molecule has 0 radical (unpaired) electrons. The number of hydrogen-bond donors (Lipinski definition) is 2. The van der Waals surface area contributed by atoms with Gasteiger partial charge in [-0.05, 0) is 19.2 Å². The molecule has 1 atom stereocenters. The summed E-state index contributed by atoms with van der Waals surface area (Å²) in [7, 11) is 1.96. The summed E-state index contributed by atoms with van der Waals surface area (Å²) >= 11 is 0. The predicted molar refractivity (Wildman–Crippen MR) is 70.3 cm³/mol. The number of nitrogens with zero attached hydrogens (tertiary/aromatic N) is 1. The van der Waals surface area contributed by atoms with E-state index in [1.807, 2.05) is 7.05 Å². The monoisotopic (exact) mass is 285 g/mol. The molecule has 0 spiro atoms. The van der Waals surface area contributed by atoms with E-state index in [0.717, 1.165) is 18.7 Å². The highest BCUT2D eigenvalue weighted by atomic mass is 19.1. The van der Waals surface area contributed by atoms with Gasteiger partial charge in [-0.15, -0.1) is 0 Å². The minimum absolute atomic E-state index is 0.0987. The molecule has 1 fully saturated rings. The second-order valence-corrected chi connectivity index (χ2v) is 4.82. The summed E-state index contributed by atoms with van der Waals surface area (Å²) in [5.41, 5.74) is 4.47. The highest BCUT2D eigenvalue weighted by Crippen LogP contribution is 2.17. The first-order chi connectivity index (χ1) is 9.47. The number of anilines is 1. The van der Waals surface area contributed by atoms with Crippen LogP contribution in [0.25, 0.3) is 0 Å². The molecule has 1 saturated heterocycles. The molecule has 1 aromatic carbocycles. The van der Waals surface area contributed by atoms with Gasteiger partial charge in [-0.25, -0.2) is 8.78 Å². The molecule has 1 aliphatic heterocycles. The van der Waals surface area contributed by atoms with Crippen LogP contribution < -0.4 is 11.1 Å². The Hall–Kier alpha value is -1.73. The van der Waals surface area contributed by atoms with Gasteiger partial charge < -0.3 is 20.7 Å². The second-order valence-electron chi connectivity index (χ2n) is 4.82. The molecule has 7 heteroatoms. The Labute approximate surface area is 115 Å². The average molecular weight is 285 g/mol. The zero-order valence-corrected chi connectivity index (χ0v) is 11.2. The first-order valence-electron chi connectivity index (χ1n) is 6.30. The van der Waals surface area contributed by atoms with Gasteiger partial charge in [-0.2, -0.15) is 0 Å². The molecule has 0 saturated carbocycles. The molecule has 1 aromatic rings. The Kier molecular flexibility index (Phi) is 4.51. The van der Waals surface area contributed by atoms with Crippen LogP contribution in [0, 0.1) is 11.6 Å². The van der Waals surface area contributed by atoms with Crippen molar-refractivity contribution in [1.82, 2.24) is 10.2 Å². The third-order valence-corrected chi connectivity index (χ3v) is 3.17. The van der Waals surface area contributed by atoms with E-state index < -0.39 is 23.2 Å². The van der Waals surface area contributed by atoms with Crippen LogP contribution in [0.1, 0.15) is 10.4 Å². The Morgan fingerprint density at radius 1 is 1.50 bits per heavy atom. The molecule has 2 rings (SSSR count). The minimum Gasteiger partial charge on any atom is -0.394 e. The highest BCUT2D eigenvalue weighted by molar-refractivity contribution is 5.94. The molecule has 1 aliphatic rings. The number of nitrogens with one attached hydrogen (secondary N) is 1. The van der Waals surface area contributed by atoms with Crippen molar-refractivity contribution in [2.24, 2.45) is 0 Å². The van der Waals surface area contributed by atoms with Crippen molar-refractivity contribution in [3.8, 4) is 0 Å². The maximum atomic E-state index is 13.3. The van der Waals surface area contributed by atoms with E-state index in [1.165, 1.54) is 0 Å². The summed E-state index contributed by atoms with van der Waals surface area (Å²) in [4.78, 5) is 13.9. The normalized spacial score (nSPS) is 19.9. The van der Waals surface area contributed by atoms with Crippen molar-refractivity contribution >= 4 is 11.6 Å². The van der Waals surface area contributed by atoms with Gasteiger partial charge in [0.1, 0.15) is 17.3 Å². The van der Waals surface area contributed by atoms with Crippen molar-refractivity contribution in [1.29, 1.82) is 0 Å². The third-order valence-electron chi connectivity index (χ3n) is 3.17. The molecule has 5 nitrogen and oxygen atoms in total. The SMILES string of the molecule is CN1CCOC(CNC(=O)c2cc(F)c(N)c(F)c2)C1. The van der Waals surface area contributed by atoms with E-state index in [9.17, 15) is 13.6 Å². The Morgan fingerprint density at radius 3 is 2.75 bits per heavy atom. The minimum atomic E-state index is -0.941. The topological polar surface area (TPSA) is 67.6 Å². The van der Waals surface area contributed by atoms with Crippen molar-refractivity contribution in [3.63, 3.8) is 0 Å². The van der Waals surface area contributed by atoms with Gasteiger partial charge in [0.2, 0.25) is 0 Å². The smallest absolute Gasteiger partial charge is 0.251 e. The van der Waals surface area contributed by atoms with Crippen molar-refractivity contribution in [3.05, 3.63) is 29.3 Å². The molecule has 3 N–H and O–H groups in total. The first kappa shape index (κ1) is 14.7. The number of carbonyl (C=O) groups excluding carboxylic acids is 1. The lowest BCUT2D eigenvalue weighted by Crippen LogP contribution is -2.45. The van der Waals surface area contributed by atoms with E-state index in [1.54, 1.807) is 0 Å². The summed E-state index contributed by atoms with van der Waals surface area (Å²) in [6.07, 6.45) is -0.124. The van der Waals surface area contributed by atoms with E-state index in [-0.39, 0.29) is 18.2 Å². The van der Waals surface area contributed by atoms with Crippen LogP contribution in [0.15, 0.2) is 12.1 Å². The highest BCUT2D eigenvalue weighted by Gasteiger charge is 2.19. The van der Waals surface area contributed by atoms with E-state index >= 15 is 0 Å². The van der Waals surface area contributed by atoms with Crippen molar-refractivity contribution in [2.45, 2.75) is 6.10 Å². The average Bonchev–Trinajstić information content (AvgIpc) is 2.41. The number of morpholine rings is 1. The van der Waals surface area contributed by atoms with Crippen LogP contribution in [-0.4, -0.2) is 50.2 Å². The number of ether oxygens (including phenoxy) is 1. The molecule has 0 bridgehead atoms. The molecule has 0 aliphatic carbocycles. The van der Waals surface area contributed by atoms with Gasteiger partial charge >= 0.3 is 0 Å². The Balaban J connectivity index is 1.95.